The number of halogens is 1. The average molecular weight is 563 g/mol. The lowest BCUT2D eigenvalue weighted by atomic mass is 10.0. The summed E-state index contributed by atoms with van der Waals surface area (Å²) in [7, 11) is 0. The molecular formula is C36H23BrN2. The zero-order valence-electron chi connectivity index (χ0n) is 21.1. The number of hydrogen-bond donors (Lipinski definition) is 0. The number of fused-ring (bicyclic) bond motifs is 7. The first-order valence-corrected chi connectivity index (χ1v) is 13.9. The van der Waals surface area contributed by atoms with Crippen LogP contribution in [0.1, 0.15) is 0 Å². The number of nitrogens with zero attached hydrogens (tertiary/aromatic N) is 2. The average Bonchev–Trinajstić information content (AvgIpc) is 3.51. The van der Waals surface area contributed by atoms with E-state index in [1.165, 1.54) is 60.4 Å². The smallest absolute Gasteiger partial charge is 0.0641 e. The van der Waals surface area contributed by atoms with Crippen LogP contribution in [0.2, 0.25) is 0 Å². The van der Waals surface area contributed by atoms with Crippen molar-refractivity contribution < 1.29 is 0 Å². The summed E-state index contributed by atoms with van der Waals surface area (Å²) in [4.78, 5) is 0. The number of hydrogen-bond acceptors (Lipinski definition) is 0. The first-order valence-electron chi connectivity index (χ1n) is 13.1. The molecule has 184 valence electrons. The molecule has 2 heterocycles. The van der Waals surface area contributed by atoms with E-state index in [9.17, 15) is 0 Å². The predicted octanol–water partition coefficient (Wildman–Crippen LogP) is 10.3. The Morgan fingerprint density at radius 1 is 0.410 bits per heavy atom. The standard InChI is InChI=1S/C36H23BrN2/c37-26-18-15-24(16-19-26)25-17-21-33-31(23-25)29-20-22-34-35(36(29)39(33)28-11-5-2-6-12-28)30-13-7-8-14-32(30)38(34)27-9-3-1-4-10-27/h1-23H. The van der Waals surface area contributed by atoms with Crippen molar-refractivity contribution in [1.82, 2.24) is 9.13 Å². The molecule has 0 aliphatic heterocycles. The zero-order valence-corrected chi connectivity index (χ0v) is 22.6. The van der Waals surface area contributed by atoms with E-state index in [4.69, 9.17) is 0 Å². The van der Waals surface area contributed by atoms with Crippen LogP contribution in [0, 0.1) is 0 Å². The van der Waals surface area contributed by atoms with E-state index < -0.39 is 0 Å². The molecule has 0 N–H and O–H groups in total. The molecule has 0 radical (unpaired) electrons. The first kappa shape index (κ1) is 22.4. The van der Waals surface area contributed by atoms with E-state index in [0.717, 1.165) is 10.2 Å². The molecule has 0 atom stereocenters. The summed E-state index contributed by atoms with van der Waals surface area (Å²) in [6.07, 6.45) is 0. The second kappa shape index (κ2) is 8.72. The highest BCUT2D eigenvalue weighted by atomic mass is 79.9. The zero-order chi connectivity index (χ0) is 25.9. The van der Waals surface area contributed by atoms with Crippen molar-refractivity contribution in [3.8, 4) is 22.5 Å². The third kappa shape index (κ3) is 3.40. The van der Waals surface area contributed by atoms with Crippen molar-refractivity contribution in [2.75, 3.05) is 0 Å². The molecular weight excluding hydrogens is 540 g/mol. The maximum Gasteiger partial charge on any atom is 0.0641 e. The Kier molecular flexibility index (Phi) is 5.01. The molecule has 0 saturated carbocycles. The highest BCUT2D eigenvalue weighted by Gasteiger charge is 2.21. The Morgan fingerprint density at radius 2 is 1.00 bits per heavy atom. The van der Waals surface area contributed by atoms with Gasteiger partial charge in [0, 0.05) is 37.4 Å². The van der Waals surface area contributed by atoms with Gasteiger partial charge < -0.3 is 9.13 Å². The van der Waals surface area contributed by atoms with Crippen LogP contribution in [0.25, 0.3) is 66.1 Å². The van der Waals surface area contributed by atoms with Crippen molar-refractivity contribution in [2.24, 2.45) is 0 Å². The van der Waals surface area contributed by atoms with Gasteiger partial charge in [-0.25, -0.2) is 0 Å². The fraction of sp³-hybridized carbons (Fsp3) is 0. The topological polar surface area (TPSA) is 9.86 Å². The lowest BCUT2D eigenvalue weighted by Crippen LogP contribution is -1.95. The van der Waals surface area contributed by atoms with Gasteiger partial charge in [-0.1, -0.05) is 94.8 Å². The van der Waals surface area contributed by atoms with Crippen LogP contribution in [-0.4, -0.2) is 9.13 Å². The Bertz CT molecular complexity index is 2150. The minimum atomic E-state index is 1.09. The summed E-state index contributed by atoms with van der Waals surface area (Å²) in [5.41, 5.74) is 9.64. The molecule has 0 aliphatic carbocycles. The largest absolute Gasteiger partial charge is 0.309 e. The van der Waals surface area contributed by atoms with Gasteiger partial charge in [-0.3, -0.25) is 0 Å². The molecule has 0 amide bonds. The van der Waals surface area contributed by atoms with Gasteiger partial charge >= 0.3 is 0 Å². The monoisotopic (exact) mass is 562 g/mol. The molecule has 8 aromatic rings. The van der Waals surface area contributed by atoms with Crippen molar-refractivity contribution in [3.05, 3.63) is 144 Å². The van der Waals surface area contributed by atoms with E-state index in [0.29, 0.717) is 0 Å². The van der Waals surface area contributed by atoms with Crippen LogP contribution < -0.4 is 0 Å². The van der Waals surface area contributed by atoms with Gasteiger partial charge in [-0.05, 0) is 71.8 Å². The summed E-state index contributed by atoms with van der Waals surface area (Å²) in [6, 6.07) is 50.2. The van der Waals surface area contributed by atoms with Crippen molar-refractivity contribution in [1.29, 1.82) is 0 Å². The molecule has 0 bridgehead atoms. The Hall–Kier alpha value is -4.60. The first-order chi connectivity index (χ1) is 19.3. The van der Waals surface area contributed by atoms with Crippen molar-refractivity contribution in [3.63, 3.8) is 0 Å². The summed E-state index contributed by atoms with van der Waals surface area (Å²) in [6.45, 7) is 0. The molecule has 6 aromatic carbocycles. The third-order valence-corrected chi connectivity index (χ3v) is 8.30. The summed E-state index contributed by atoms with van der Waals surface area (Å²) < 4.78 is 5.93. The third-order valence-electron chi connectivity index (χ3n) is 7.77. The molecule has 39 heavy (non-hydrogen) atoms. The predicted molar refractivity (Wildman–Crippen MR) is 168 cm³/mol. The summed E-state index contributed by atoms with van der Waals surface area (Å²) >= 11 is 3.58. The fourth-order valence-corrected chi connectivity index (χ4v) is 6.35. The number of rotatable bonds is 3. The lowest BCUT2D eigenvalue weighted by molar-refractivity contribution is 1.17. The van der Waals surface area contributed by atoms with Crippen molar-refractivity contribution in [2.45, 2.75) is 0 Å². The molecule has 0 spiro atoms. The van der Waals surface area contributed by atoms with Crippen LogP contribution in [0.15, 0.2) is 144 Å². The fourth-order valence-electron chi connectivity index (χ4n) is 6.08. The van der Waals surface area contributed by atoms with E-state index in [1.54, 1.807) is 0 Å². The van der Waals surface area contributed by atoms with Crippen LogP contribution in [0.3, 0.4) is 0 Å². The van der Waals surface area contributed by atoms with Gasteiger partial charge in [0.25, 0.3) is 0 Å². The molecule has 0 unspecified atom stereocenters. The highest BCUT2D eigenvalue weighted by molar-refractivity contribution is 9.10. The molecule has 2 nitrogen and oxygen atoms in total. The Morgan fingerprint density at radius 3 is 1.74 bits per heavy atom. The van der Waals surface area contributed by atoms with Gasteiger partial charge in [-0.15, -0.1) is 0 Å². The molecule has 0 aliphatic rings. The highest BCUT2D eigenvalue weighted by Crippen LogP contribution is 2.42. The summed E-state index contributed by atoms with van der Waals surface area (Å²) in [5.74, 6) is 0. The number of aromatic nitrogens is 2. The van der Waals surface area contributed by atoms with Gasteiger partial charge in [0.2, 0.25) is 0 Å². The molecule has 0 fully saturated rings. The van der Waals surface area contributed by atoms with Gasteiger partial charge in [-0.2, -0.15) is 0 Å². The minimum absolute atomic E-state index is 1.09. The quantitative estimate of drug-likeness (QED) is 0.202. The number of para-hydroxylation sites is 3. The van der Waals surface area contributed by atoms with Crippen LogP contribution in [0.5, 0.6) is 0 Å². The normalized spacial score (nSPS) is 11.7. The van der Waals surface area contributed by atoms with Crippen LogP contribution >= 0.6 is 15.9 Å². The maximum atomic E-state index is 3.58. The van der Waals surface area contributed by atoms with E-state index in [2.05, 4.69) is 165 Å². The van der Waals surface area contributed by atoms with Crippen molar-refractivity contribution >= 4 is 59.5 Å². The Labute approximate surface area is 234 Å². The van der Waals surface area contributed by atoms with Crippen LogP contribution in [0.4, 0.5) is 0 Å². The van der Waals surface area contributed by atoms with Gasteiger partial charge in [0.1, 0.15) is 0 Å². The molecule has 2 aromatic heterocycles. The number of benzene rings is 6. The van der Waals surface area contributed by atoms with E-state index in [1.807, 2.05) is 0 Å². The minimum Gasteiger partial charge on any atom is -0.309 e. The SMILES string of the molecule is Brc1ccc(-c2ccc3c(c2)c2ccc4c(c5ccccc5n4-c4ccccc4)c2n3-c2ccccc2)cc1. The molecule has 0 saturated heterocycles. The second-order valence-electron chi connectivity index (χ2n) is 9.95. The van der Waals surface area contributed by atoms with Gasteiger partial charge in [0.05, 0.1) is 22.1 Å². The molecule has 8 rings (SSSR count). The Balaban J connectivity index is 1.56. The van der Waals surface area contributed by atoms with Crippen LogP contribution in [-0.2, 0) is 0 Å². The molecule has 3 heteroatoms. The maximum absolute atomic E-state index is 3.58. The van der Waals surface area contributed by atoms with E-state index in [-0.39, 0.29) is 0 Å². The van der Waals surface area contributed by atoms with E-state index >= 15 is 0 Å². The lowest BCUT2D eigenvalue weighted by Gasteiger charge is -2.10. The second-order valence-corrected chi connectivity index (χ2v) is 10.9. The van der Waals surface area contributed by atoms with Gasteiger partial charge in [0.15, 0.2) is 0 Å². The summed E-state index contributed by atoms with van der Waals surface area (Å²) in [5, 5.41) is 5.05.